The number of halogens is 1. The maximum Gasteiger partial charge on any atom is 0.269 e. The molecule has 1 aliphatic heterocycles. The zero-order chi connectivity index (χ0) is 19.4. The van der Waals surface area contributed by atoms with Gasteiger partial charge in [0.05, 0.1) is 23.8 Å². The van der Waals surface area contributed by atoms with Gasteiger partial charge < -0.3 is 10.1 Å². The zero-order valence-electron chi connectivity index (χ0n) is 15.3. The topological polar surface area (TPSA) is 102 Å². The molecule has 28 heavy (non-hydrogen) atoms. The minimum atomic E-state index is -3.62. The van der Waals surface area contributed by atoms with Crippen molar-refractivity contribution in [1.29, 1.82) is 0 Å². The molecule has 0 saturated carbocycles. The lowest BCUT2D eigenvalue weighted by molar-refractivity contribution is -0.384. The second-order valence-corrected chi connectivity index (χ2v) is 8.17. The number of nitro benzene ring substituents is 1. The first kappa shape index (κ1) is 22.1. The van der Waals surface area contributed by atoms with Crippen LogP contribution in [0.2, 0.25) is 0 Å². The molecule has 152 valence electrons. The van der Waals surface area contributed by atoms with Crippen molar-refractivity contribution in [2.45, 2.75) is 11.8 Å². The van der Waals surface area contributed by atoms with Crippen molar-refractivity contribution in [3.05, 3.63) is 69.8 Å². The Balaban J connectivity index is 0.00000280. The third-order valence-corrected chi connectivity index (χ3v) is 6.40. The summed E-state index contributed by atoms with van der Waals surface area (Å²) in [6.45, 7) is 1.39. The standard InChI is InChI=1S/C18H21N3O5S.ClH/c1-26-18-5-3-2-4-16(18)17-12-19-10-11-20(17)27(24,25)13-14-6-8-15(9-7-14)21(22)23;/h2-9,17,19H,10-13H2,1H3;1H. The fraction of sp³-hybridized carbons (Fsp3) is 0.333. The lowest BCUT2D eigenvalue weighted by Gasteiger charge is -2.36. The summed E-state index contributed by atoms with van der Waals surface area (Å²) in [5.74, 6) is 0.429. The first-order chi connectivity index (χ1) is 12.9. The van der Waals surface area contributed by atoms with Crippen LogP contribution < -0.4 is 10.1 Å². The van der Waals surface area contributed by atoms with Gasteiger partial charge in [-0.25, -0.2) is 8.42 Å². The second-order valence-electron chi connectivity index (χ2n) is 6.25. The van der Waals surface area contributed by atoms with E-state index in [1.807, 2.05) is 24.3 Å². The van der Waals surface area contributed by atoms with E-state index in [-0.39, 0.29) is 29.9 Å². The molecule has 1 aliphatic rings. The van der Waals surface area contributed by atoms with Crippen molar-refractivity contribution in [3.63, 3.8) is 0 Å². The summed E-state index contributed by atoms with van der Waals surface area (Å²) in [4.78, 5) is 10.3. The van der Waals surface area contributed by atoms with Gasteiger partial charge in [0.15, 0.2) is 0 Å². The summed E-state index contributed by atoms with van der Waals surface area (Å²) < 4.78 is 33.1. The molecule has 0 amide bonds. The Bertz CT molecular complexity index is 921. The van der Waals surface area contributed by atoms with E-state index in [1.54, 1.807) is 7.11 Å². The number of nitrogens with one attached hydrogen (secondary N) is 1. The summed E-state index contributed by atoms with van der Waals surface area (Å²) in [5.41, 5.74) is 1.25. The minimum absolute atomic E-state index is 0. The third kappa shape index (κ3) is 4.79. The van der Waals surface area contributed by atoms with E-state index in [9.17, 15) is 18.5 Å². The molecule has 2 aromatic rings. The Morgan fingerprint density at radius 1 is 1.21 bits per heavy atom. The molecule has 0 bridgehead atoms. The van der Waals surface area contributed by atoms with Crippen LogP contribution >= 0.6 is 12.4 Å². The predicted octanol–water partition coefficient (Wildman–Crippen LogP) is 2.50. The molecular formula is C18H22ClN3O5S. The van der Waals surface area contributed by atoms with Gasteiger partial charge >= 0.3 is 0 Å². The van der Waals surface area contributed by atoms with Gasteiger partial charge in [-0.05, 0) is 11.6 Å². The van der Waals surface area contributed by atoms with Crippen LogP contribution in [0.4, 0.5) is 5.69 Å². The predicted molar refractivity (Wildman–Crippen MR) is 108 cm³/mol. The summed E-state index contributed by atoms with van der Waals surface area (Å²) >= 11 is 0. The van der Waals surface area contributed by atoms with E-state index in [1.165, 1.54) is 28.6 Å². The highest BCUT2D eigenvalue weighted by Gasteiger charge is 2.34. The lowest BCUT2D eigenvalue weighted by atomic mass is 10.0. The van der Waals surface area contributed by atoms with Crippen LogP contribution in [-0.4, -0.2) is 44.4 Å². The zero-order valence-corrected chi connectivity index (χ0v) is 16.9. The molecule has 0 spiro atoms. The monoisotopic (exact) mass is 427 g/mol. The molecule has 1 atom stereocenters. The lowest BCUT2D eigenvalue weighted by Crippen LogP contribution is -2.49. The van der Waals surface area contributed by atoms with E-state index < -0.39 is 14.9 Å². The summed E-state index contributed by atoms with van der Waals surface area (Å²) in [7, 11) is -2.06. The van der Waals surface area contributed by atoms with Crippen molar-refractivity contribution >= 4 is 28.1 Å². The Hall–Kier alpha value is -2.20. The number of hydrogen-bond donors (Lipinski definition) is 1. The number of benzene rings is 2. The normalized spacial score (nSPS) is 17.5. The largest absolute Gasteiger partial charge is 0.496 e. The molecule has 8 nitrogen and oxygen atoms in total. The molecule has 1 fully saturated rings. The second kappa shape index (κ2) is 9.33. The molecule has 0 aliphatic carbocycles. The Morgan fingerprint density at radius 3 is 2.54 bits per heavy atom. The van der Waals surface area contributed by atoms with E-state index in [2.05, 4.69) is 5.32 Å². The van der Waals surface area contributed by atoms with Crippen LogP contribution in [0.25, 0.3) is 0 Å². The van der Waals surface area contributed by atoms with Gasteiger partial charge in [-0.15, -0.1) is 12.4 Å². The highest BCUT2D eigenvalue weighted by Crippen LogP contribution is 2.32. The van der Waals surface area contributed by atoms with Crippen molar-refractivity contribution in [2.75, 3.05) is 26.7 Å². The SMILES string of the molecule is COc1ccccc1C1CNCCN1S(=O)(=O)Cc1ccc([N+](=O)[O-])cc1.Cl. The first-order valence-corrected chi connectivity index (χ1v) is 10.1. The Morgan fingerprint density at radius 2 is 1.89 bits per heavy atom. The number of nitro groups is 1. The van der Waals surface area contributed by atoms with Crippen molar-refractivity contribution < 1.29 is 18.1 Å². The number of nitrogens with zero attached hydrogens (tertiary/aromatic N) is 2. The van der Waals surface area contributed by atoms with Crippen LogP contribution in [0.5, 0.6) is 5.75 Å². The molecule has 0 aromatic heterocycles. The van der Waals surface area contributed by atoms with Gasteiger partial charge in [0.2, 0.25) is 10.0 Å². The number of non-ortho nitro benzene ring substituents is 1. The summed E-state index contributed by atoms with van der Waals surface area (Å²) in [6.07, 6.45) is 0. The quantitative estimate of drug-likeness (QED) is 0.561. The van der Waals surface area contributed by atoms with E-state index in [0.29, 0.717) is 30.9 Å². The van der Waals surface area contributed by atoms with Gasteiger partial charge in [0, 0.05) is 37.3 Å². The van der Waals surface area contributed by atoms with Crippen LogP contribution in [-0.2, 0) is 15.8 Å². The first-order valence-electron chi connectivity index (χ1n) is 8.49. The average Bonchev–Trinajstić information content (AvgIpc) is 2.68. The molecule has 1 unspecified atom stereocenters. The van der Waals surface area contributed by atoms with Crippen molar-refractivity contribution in [3.8, 4) is 5.75 Å². The fourth-order valence-electron chi connectivity index (χ4n) is 3.23. The number of hydrogen-bond acceptors (Lipinski definition) is 6. The number of methoxy groups -OCH3 is 1. The fourth-order valence-corrected chi connectivity index (χ4v) is 4.96. The average molecular weight is 428 g/mol. The highest BCUT2D eigenvalue weighted by atomic mass is 35.5. The van der Waals surface area contributed by atoms with Gasteiger partial charge in [-0.1, -0.05) is 30.3 Å². The maximum atomic E-state index is 13.1. The minimum Gasteiger partial charge on any atom is -0.496 e. The molecule has 3 rings (SSSR count). The number of ether oxygens (including phenoxy) is 1. The molecule has 0 radical (unpaired) electrons. The molecular weight excluding hydrogens is 406 g/mol. The van der Waals surface area contributed by atoms with Gasteiger partial charge in [0.1, 0.15) is 5.75 Å². The number of sulfonamides is 1. The maximum absolute atomic E-state index is 13.1. The number of piperazine rings is 1. The smallest absolute Gasteiger partial charge is 0.269 e. The molecule has 2 aromatic carbocycles. The summed E-state index contributed by atoms with van der Waals surface area (Å²) in [6, 6.07) is 12.6. The number of rotatable bonds is 6. The van der Waals surface area contributed by atoms with E-state index >= 15 is 0 Å². The van der Waals surface area contributed by atoms with E-state index in [4.69, 9.17) is 4.74 Å². The van der Waals surface area contributed by atoms with Crippen molar-refractivity contribution in [1.82, 2.24) is 9.62 Å². The van der Waals surface area contributed by atoms with Crippen LogP contribution in [0.3, 0.4) is 0 Å². The molecule has 1 saturated heterocycles. The van der Waals surface area contributed by atoms with Gasteiger partial charge in [-0.2, -0.15) is 4.31 Å². The van der Waals surface area contributed by atoms with Gasteiger partial charge in [-0.3, -0.25) is 10.1 Å². The third-order valence-electron chi connectivity index (χ3n) is 4.55. The van der Waals surface area contributed by atoms with Crippen LogP contribution in [0, 0.1) is 10.1 Å². The molecule has 1 N–H and O–H groups in total. The van der Waals surface area contributed by atoms with Crippen molar-refractivity contribution in [2.24, 2.45) is 0 Å². The number of para-hydroxylation sites is 1. The Kier molecular flexibility index (Phi) is 7.36. The Labute approximate surface area is 170 Å². The van der Waals surface area contributed by atoms with Crippen LogP contribution in [0.15, 0.2) is 48.5 Å². The molecule has 10 heteroatoms. The van der Waals surface area contributed by atoms with E-state index in [0.717, 1.165) is 5.56 Å². The van der Waals surface area contributed by atoms with Crippen LogP contribution in [0.1, 0.15) is 17.2 Å². The highest BCUT2D eigenvalue weighted by molar-refractivity contribution is 7.88. The van der Waals surface area contributed by atoms with Gasteiger partial charge in [0.25, 0.3) is 5.69 Å². The molecule has 1 heterocycles. The summed E-state index contributed by atoms with van der Waals surface area (Å²) in [5, 5.41) is 14.0.